The van der Waals surface area contributed by atoms with Crippen LogP contribution < -0.4 is 10.9 Å². The standard InChI is InChI=1S/C9H9BrN6/c1-11-9-13-4-5-7(15-9)16-3-2-12-8(16)6(10)14-5/h4,12H,2-3H2,1H3. The monoisotopic (exact) mass is 280 g/mol. The summed E-state index contributed by atoms with van der Waals surface area (Å²) in [6.45, 7) is 1.77. The minimum atomic E-state index is 0.484. The van der Waals surface area contributed by atoms with Gasteiger partial charge in [-0.2, -0.15) is 4.98 Å². The van der Waals surface area contributed by atoms with Crippen molar-refractivity contribution in [2.45, 2.75) is 6.54 Å². The number of fused-ring (bicyclic) bond motifs is 3. The number of hydrogen-bond donors (Lipinski definition) is 1. The maximum Gasteiger partial charge on any atom is 0.246 e. The van der Waals surface area contributed by atoms with Crippen LogP contribution in [0.1, 0.15) is 0 Å². The summed E-state index contributed by atoms with van der Waals surface area (Å²) < 4.78 is 2.88. The van der Waals surface area contributed by atoms with Crippen molar-refractivity contribution in [2.24, 2.45) is 4.99 Å². The van der Waals surface area contributed by atoms with Crippen LogP contribution in [0.25, 0.3) is 11.5 Å². The summed E-state index contributed by atoms with van der Waals surface area (Å²) in [5.74, 6) is 1.78. The summed E-state index contributed by atoms with van der Waals surface area (Å²) in [5, 5.41) is 3.26. The molecular weight excluding hydrogens is 272 g/mol. The molecule has 1 N–H and O–H groups in total. The molecule has 6 nitrogen and oxygen atoms in total. The molecule has 0 saturated carbocycles. The molecule has 82 valence electrons. The minimum Gasteiger partial charge on any atom is -0.367 e. The first-order valence-electron chi connectivity index (χ1n) is 4.89. The van der Waals surface area contributed by atoms with Crippen molar-refractivity contribution < 1.29 is 0 Å². The molecule has 0 aromatic carbocycles. The predicted octanol–water partition coefficient (Wildman–Crippen LogP) is 0.496. The van der Waals surface area contributed by atoms with Crippen LogP contribution in [0.3, 0.4) is 0 Å². The lowest BCUT2D eigenvalue weighted by Gasteiger charge is -2.12. The lowest BCUT2D eigenvalue weighted by molar-refractivity contribution is 0.766. The molecule has 0 unspecified atom stereocenters. The Morgan fingerprint density at radius 3 is 3.19 bits per heavy atom. The fraction of sp³-hybridized carbons (Fsp3) is 0.333. The molecule has 0 saturated heterocycles. The van der Waals surface area contributed by atoms with E-state index in [1.165, 1.54) is 0 Å². The van der Waals surface area contributed by atoms with Crippen molar-refractivity contribution in [3.05, 3.63) is 16.4 Å². The molecule has 16 heavy (non-hydrogen) atoms. The van der Waals surface area contributed by atoms with Gasteiger partial charge in [0.05, 0.1) is 6.20 Å². The first-order valence-corrected chi connectivity index (χ1v) is 5.68. The Hall–Kier alpha value is -1.50. The molecule has 7 heteroatoms. The predicted molar refractivity (Wildman–Crippen MR) is 62.1 cm³/mol. The van der Waals surface area contributed by atoms with Gasteiger partial charge in [0.1, 0.15) is 16.1 Å². The van der Waals surface area contributed by atoms with Gasteiger partial charge in [-0.15, -0.1) is 0 Å². The number of nitrogens with one attached hydrogen (secondary N) is 1. The van der Waals surface area contributed by atoms with Crippen molar-refractivity contribution in [2.75, 3.05) is 18.9 Å². The smallest absolute Gasteiger partial charge is 0.246 e. The van der Waals surface area contributed by atoms with Gasteiger partial charge in [0, 0.05) is 20.1 Å². The largest absolute Gasteiger partial charge is 0.367 e. The van der Waals surface area contributed by atoms with Crippen LogP contribution >= 0.6 is 15.9 Å². The van der Waals surface area contributed by atoms with Gasteiger partial charge in [-0.3, -0.25) is 4.99 Å². The van der Waals surface area contributed by atoms with Crippen molar-refractivity contribution >= 4 is 21.7 Å². The fourth-order valence-electron chi connectivity index (χ4n) is 1.79. The first kappa shape index (κ1) is 9.71. The van der Waals surface area contributed by atoms with Crippen LogP contribution in [0.2, 0.25) is 0 Å². The molecule has 3 heterocycles. The van der Waals surface area contributed by atoms with Crippen LogP contribution in [0.4, 0.5) is 5.82 Å². The highest BCUT2D eigenvalue weighted by Gasteiger charge is 2.21. The normalized spacial score (nSPS) is 15.2. The van der Waals surface area contributed by atoms with Crippen LogP contribution in [0.15, 0.2) is 15.8 Å². The highest BCUT2D eigenvalue weighted by molar-refractivity contribution is 9.10. The van der Waals surface area contributed by atoms with Crippen molar-refractivity contribution in [1.82, 2.24) is 19.5 Å². The zero-order chi connectivity index (χ0) is 11.1. The molecule has 0 radical (unpaired) electrons. The van der Waals surface area contributed by atoms with Crippen LogP contribution in [-0.4, -0.2) is 33.1 Å². The second kappa shape index (κ2) is 3.51. The second-order valence-corrected chi connectivity index (χ2v) is 4.18. The van der Waals surface area contributed by atoms with E-state index in [-0.39, 0.29) is 0 Å². The zero-order valence-corrected chi connectivity index (χ0v) is 10.2. The van der Waals surface area contributed by atoms with Crippen molar-refractivity contribution in [3.8, 4) is 11.5 Å². The number of nitrogens with zero attached hydrogens (tertiary/aromatic N) is 5. The van der Waals surface area contributed by atoms with E-state index in [1.54, 1.807) is 13.2 Å². The Morgan fingerprint density at radius 2 is 2.38 bits per heavy atom. The fourth-order valence-corrected chi connectivity index (χ4v) is 2.34. The molecule has 0 aromatic heterocycles. The molecule has 0 bridgehead atoms. The van der Waals surface area contributed by atoms with E-state index in [9.17, 15) is 0 Å². The van der Waals surface area contributed by atoms with E-state index in [4.69, 9.17) is 0 Å². The third-order valence-corrected chi connectivity index (χ3v) is 3.06. The molecule has 3 aliphatic rings. The number of hydrogen-bond acceptors (Lipinski definition) is 5. The van der Waals surface area contributed by atoms with Gasteiger partial charge in [0.25, 0.3) is 0 Å². The molecule has 0 aromatic rings. The highest BCUT2D eigenvalue weighted by Crippen LogP contribution is 2.29. The van der Waals surface area contributed by atoms with E-state index in [0.717, 1.165) is 35.0 Å². The lowest BCUT2D eigenvalue weighted by Crippen LogP contribution is -2.18. The van der Waals surface area contributed by atoms with Gasteiger partial charge in [-0.25, -0.2) is 9.97 Å². The van der Waals surface area contributed by atoms with Crippen molar-refractivity contribution in [1.29, 1.82) is 0 Å². The molecule has 0 atom stereocenters. The molecule has 0 amide bonds. The maximum absolute atomic E-state index is 4.39. The van der Waals surface area contributed by atoms with E-state index in [1.807, 2.05) is 0 Å². The molecule has 0 fully saturated rings. The SMILES string of the molecule is CN=c1ncc2nc(Br)c3n(c-2n1)CCN3. The number of rotatable bonds is 0. The van der Waals surface area contributed by atoms with Gasteiger partial charge >= 0.3 is 0 Å². The Balaban J connectivity index is 2.40. The van der Waals surface area contributed by atoms with Gasteiger partial charge in [0.2, 0.25) is 5.62 Å². The van der Waals surface area contributed by atoms with E-state index in [2.05, 4.69) is 45.8 Å². The average molecular weight is 281 g/mol. The Labute approximate surface area is 100.0 Å². The van der Waals surface area contributed by atoms with E-state index < -0.39 is 0 Å². The molecule has 0 spiro atoms. The van der Waals surface area contributed by atoms with Crippen molar-refractivity contribution in [3.63, 3.8) is 0 Å². The number of anilines is 1. The highest BCUT2D eigenvalue weighted by atomic mass is 79.9. The third-order valence-electron chi connectivity index (χ3n) is 2.50. The van der Waals surface area contributed by atoms with Gasteiger partial charge < -0.3 is 9.88 Å². The third kappa shape index (κ3) is 1.31. The topological polar surface area (TPSA) is 68.0 Å². The summed E-state index contributed by atoms with van der Waals surface area (Å²) in [5.41, 5.74) is 1.25. The van der Waals surface area contributed by atoms with Crippen LogP contribution in [0, 0.1) is 0 Å². The lowest BCUT2D eigenvalue weighted by atomic mass is 10.4. The summed E-state index contributed by atoms with van der Waals surface area (Å²) >= 11 is 3.43. The van der Waals surface area contributed by atoms with Crippen LogP contribution in [0.5, 0.6) is 0 Å². The first-order chi connectivity index (χ1) is 7.79. The van der Waals surface area contributed by atoms with Gasteiger partial charge in [-0.05, 0) is 15.9 Å². The van der Waals surface area contributed by atoms with Gasteiger partial charge in [0.15, 0.2) is 5.82 Å². The summed E-state index contributed by atoms with van der Waals surface area (Å²) in [4.78, 5) is 16.8. The molecular formula is C9H9BrN6. The van der Waals surface area contributed by atoms with Crippen LogP contribution in [-0.2, 0) is 6.54 Å². The molecule has 0 aliphatic carbocycles. The zero-order valence-electron chi connectivity index (χ0n) is 8.61. The minimum absolute atomic E-state index is 0.484. The average Bonchev–Trinajstić information content (AvgIpc) is 2.78. The summed E-state index contributed by atoms with van der Waals surface area (Å²) in [7, 11) is 1.68. The van der Waals surface area contributed by atoms with E-state index in [0.29, 0.717) is 5.62 Å². The Morgan fingerprint density at radius 1 is 1.50 bits per heavy atom. The number of halogens is 1. The molecule has 3 rings (SSSR count). The Bertz CT molecular complexity index is 589. The summed E-state index contributed by atoms with van der Waals surface area (Å²) in [6.07, 6.45) is 1.70. The Kier molecular flexibility index (Phi) is 2.13. The van der Waals surface area contributed by atoms with E-state index >= 15 is 0 Å². The number of aromatic nitrogens is 4. The maximum atomic E-state index is 4.39. The molecule has 3 aliphatic heterocycles. The quantitative estimate of drug-likeness (QED) is 0.763. The summed E-state index contributed by atoms with van der Waals surface area (Å²) in [6, 6.07) is 0. The van der Waals surface area contributed by atoms with Gasteiger partial charge in [-0.1, -0.05) is 0 Å². The second-order valence-electron chi connectivity index (χ2n) is 3.43.